The molecule has 0 unspecified atom stereocenters. The Hall–Kier alpha value is -1.96. The minimum atomic E-state index is 0.508. The van der Waals surface area contributed by atoms with Gasteiger partial charge in [0.25, 0.3) is 0 Å². The quantitative estimate of drug-likeness (QED) is 0.440. The van der Waals surface area contributed by atoms with Gasteiger partial charge in [0.2, 0.25) is 0 Å². The van der Waals surface area contributed by atoms with Crippen LogP contribution in [0.5, 0.6) is 0 Å². The van der Waals surface area contributed by atoms with Crippen molar-refractivity contribution in [1.82, 2.24) is 9.80 Å². The summed E-state index contributed by atoms with van der Waals surface area (Å²) in [4.78, 5) is 5.39. The van der Waals surface area contributed by atoms with Crippen LogP contribution < -0.4 is 0 Å². The third kappa shape index (κ3) is 3.59. The van der Waals surface area contributed by atoms with Crippen LogP contribution in [0.4, 0.5) is 0 Å². The zero-order valence-electron chi connectivity index (χ0n) is 22.2. The Morgan fingerprint density at radius 3 is 1.88 bits per heavy atom. The summed E-state index contributed by atoms with van der Waals surface area (Å²) in [5.41, 5.74) is 8.83. The second-order valence-corrected chi connectivity index (χ2v) is 13.0. The maximum Gasteiger partial charge on any atom is 0.0951 e. The van der Waals surface area contributed by atoms with Crippen molar-refractivity contribution < 1.29 is 0 Å². The van der Waals surface area contributed by atoms with Crippen LogP contribution in [0, 0.1) is 23.7 Å². The zero-order chi connectivity index (χ0) is 23.7. The molecule has 4 bridgehead atoms. The van der Waals surface area contributed by atoms with Crippen molar-refractivity contribution in [3.8, 4) is 0 Å². The molecule has 0 radical (unpaired) electrons. The molecule has 0 N–H and O–H groups in total. The summed E-state index contributed by atoms with van der Waals surface area (Å²) in [6.45, 7) is 15.2. The fraction of sp³-hybridized carbons (Fsp3) is 0.625. The number of benzene rings is 1. The fourth-order valence-corrected chi connectivity index (χ4v) is 8.29. The predicted octanol–water partition coefficient (Wildman–Crippen LogP) is 8.21. The summed E-state index contributed by atoms with van der Waals surface area (Å²) in [6, 6.07) is 5.77. The molecule has 2 heteroatoms. The Morgan fingerprint density at radius 2 is 1.35 bits per heavy atom. The first-order valence-electron chi connectivity index (χ1n) is 14.1. The van der Waals surface area contributed by atoms with Gasteiger partial charge < -0.3 is 9.80 Å². The molecular weight excluding hydrogens is 412 g/mol. The van der Waals surface area contributed by atoms with Gasteiger partial charge in [-0.25, -0.2) is 0 Å². The molecule has 4 fully saturated rings. The van der Waals surface area contributed by atoms with Crippen LogP contribution in [0.15, 0.2) is 42.3 Å². The molecule has 2 aliphatic heterocycles. The van der Waals surface area contributed by atoms with E-state index in [1.54, 1.807) is 0 Å². The van der Waals surface area contributed by atoms with Gasteiger partial charge in [-0.15, -0.1) is 0 Å². The van der Waals surface area contributed by atoms with E-state index in [2.05, 4.69) is 87.9 Å². The molecule has 182 valence electrons. The largest absolute Gasteiger partial charge is 0.354 e. The van der Waals surface area contributed by atoms with Crippen LogP contribution in [-0.4, -0.2) is 22.5 Å². The number of hydrogen-bond donors (Lipinski definition) is 0. The molecule has 0 amide bonds. The third-order valence-corrected chi connectivity index (χ3v) is 9.67. The monoisotopic (exact) mass is 456 g/mol. The normalized spacial score (nSPS) is 31.7. The van der Waals surface area contributed by atoms with E-state index < -0.39 is 0 Å². The number of hydrogen-bond acceptors (Lipinski definition) is 2. The number of allylic oxidation sites excluding steroid dienone is 3. The van der Waals surface area contributed by atoms with Crippen molar-refractivity contribution in [1.29, 1.82) is 0 Å². The molecule has 0 aromatic heterocycles. The lowest BCUT2D eigenvalue weighted by Gasteiger charge is -2.56. The average Bonchev–Trinajstić information content (AvgIpc) is 3.21. The van der Waals surface area contributed by atoms with Crippen LogP contribution in [0.3, 0.4) is 0 Å². The Labute approximate surface area is 207 Å². The van der Waals surface area contributed by atoms with E-state index in [1.165, 1.54) is 65.8 Å². The zero-order valence-corrected chi connectivity index (χ0v) is 22.2. The first-order chi connectivity index (χ1) is 16.3. The topological polar surface area (TPSA) is 6.48 Å². The molecule has 1 aromatic rings. The van der Waals surface area contributed by atoms with Crippen molar-refractivity contribution in [2.75, 3.05) is 6.67 Å². The minimum Gasteiger partial charge on any atom is -0.354 e. The van der Waals surface area contributed by atoms with Gasteiger partial charge in [0.05, 0.1) is 18.1 Å². The Balaban J connectivity index is 1.36. The number of nitrogens with zero attached hydrogens (tertiary/aromatic N) is 2. The smallest absolute Gasteiger partial charge is 0.0951 e. The molecular formula is C32H44N2. The summed E-state index contributed by atoms with van der Waals surface area (Å²) < 4.78 is 0. The van der Waals surface area contributed by atoms with Gasteiger partial charge in [-0.1, -0.05) is 59.8 Å². The molecule has 2 heterocycles. The molecule has 34 heavy (non-hydrogen) atoms. The summed E-state index contributed by atoms with van der Waals surface area (Å²) in [5, 5.41) is 0. The van der Waals surface area contributed by atoms with Gasteiger partial charge >= 0.3 is 0 Å². The maximum atomic E-state index is 2.76. The molecule has 1 aromatic carbocycles. The van der Waals surface area contributed by atoms with E-state index in [4.69, 9.17) is 0 Å². The molecule has 6 aliphatic rings. The van der Waals surface area contributed by atoms with Gasteiger partial charge in [0.1, 0.15) is 0 Å². The van der Waals surface area contributed by atoms with Gasteiger partial charge in [-0.3, -0.25) is 0 Å². The van der Waals surface area contributed by atoms with Gasteiger partial charge in [-0.2, -0.15) is 0 Å². The molecule has 0 saturated heterocycles. The van der Waals surface area contributed by atoms with E-state index >= 15 is 0 Å². The van der Waals surface area contributed by atoms with Crippen molar-refractivity contribution in [3.05, 3.63) is 64.5 Å². The standard InChI is InChI=1S/C32H44N2/c1-19(2)24-15-28(20(3)4)31(29(16-24)21(5)6)30-9-7-8-27-17-33(18-34(27)30)32-25-11-22-10-23(13-25)14-26(32)12-22/h7-9,15-17,19-23,25-26,32H,10-14,18H2,1-6H3. The second kappa shape index (κ2) is 8.32. The van der Waals surface area contributed by atoms with E-state index in [1.807, 2.05) is 0 Å². The van der Waals surface area contributed by atoms with Crippen LogP contribution in [0.2, 0.25) is 0 Å². The Bertz CT molecular complexity index is 996. The summed E-state index contributed by atoms with van der Waals surface area (Å²) in [5.74, 6) is 5.49. The molecule has 4 saturated carbocycles. The van der Waals surface area contributed by atoms with Gasteiger partial charge in [0.15, 0.2) is 0 Å². The Kier molecular flexibility index (Phi) is 5.50. The molecule has 7 rings (SSSR count). The predicted molar refractivity (Wildman–Crippen MR) is 143 cm³/mol. The highest BCUT2D eigenvalue weighted by atomic mass is 15.4. The van der Waals surface area contributed by atoms with Crippen molar-refractivity contribution in [3.63, 3.8) is 0 Å². The molecule has 0 spiro atoms. The lowest BCUT2D eigenvalue weighted by atomic mass is 9.54. The van der Waals surface area contributed by atoms with Crippen molar-refractivity contribution in [2.24, 2.45) is 23.7 Å². The second-order valence-electron chi connectivity index (χ2n) is 13.0. The van der Waals surface area contributed by atoms with E-state index in [-0.39, 0.29) is 0 Å². The highest BCUT2D eigenvalue weighted by Crippen LogP contribution is 2.56. The molecule has 0 atom stereocenters. The van der Waals surface area contributed by atoms with Crippen LogP contribution >= 0.6 is 0 Å². The first-order valence-corrected chi connectivity index (χ1v) is 14.1. The van der Waals surface area contributed by atoms with Crippen molar-refractivity contribution >= 4 is 5.70 Å². The first kappa shape index (κ1) is 22.5. The fourth-order valence-electron chi connectivity index (χ4n) is 8.29. The average molecular weight is 457 g/mol. The summed E-state index contributed by atoms with van der Waals surface area (Å²) in [6.07, 6.45) is 17.0. The van der Waals surface area contributed by atoms with Crippen LogP contribution in [0.25, 0.3) is 5.70 Å². The lowest BCUT2D eigenvalue weighted by Crippen LogP contribution is -2.54. The number of fused-ring (bicyclic) bond motifs is 1. The van der Waals surface area contributed by atoms with E-state index in [0.717, 1.165) is 36.4 Å². The minimum absolute atomic E-state index is 0.508. The summed E-state index contributed by atoms with van der Waals surface area (Å²) in [7, 11) is 0. The Morgan fingerprint density at radius 1 is 0.765 bits per heavy atom. The lowest BCUT2D eigenvalue weighted by molar-refractivity contribution is -0.0526. The SMILES string of the molecule is CC(C)c1cc(C(C)C)c(C2=CC=CC3=CN(C4C5CC6CC(C5)CC4C6)CN32)c(C(C)C)c1. The van der Waals surface area contributed by atoms with Crippen molar-refractivity contribution in [2.45, 2.75) is 97.4 Å². The van der Waals surface area contributed by atoms with Crippen LogP contribution in [-0.2, 0) is 0 Å². The highest BCUT2D eigenvalue weighted by Gasteiger charge is 2.50. The van der Waals surface area contributed by atoms with E-state index in [0.29, 0.717) is 17.8 Å². The molecule has 4 aliphatic carbocycles. The third-order valence-electron chi connectivity index (χ3n) is 9.67. The molecule has 2 nitrogen and oxygen atoms in total. The maximum absolute atomic E-state index is 2.76. The number of rotatable bonds is 5. The van der Waals surface area contributed by atoms with Crippen LogP contribution in [0.1, 0.15) is 114 Å². The summed E-state index contributed by atoms with van der Waals surface area (Å²) >= 11 is 0. The van der Waals surface area contributed by atoms with E-state index in [9.17, 15) is 0 Å². The highest BCUT2D eigenvalue weighted by molar-refractivity contribution is 5.76. The van der Waals surface area contributed by atoms with Gasteiger partial charge in [0, 0.05) is 17.8 Å². The van der Waals surface area contributed by atoms with Gasteiger partial charge in [-0.05, 0) is 102 Å².